The molecule has 4 N–H and O–H groups in total. The number of aromatic hydroxyl groups is 3. The van der Waals surface area contributed by atoms with E-state index in [1.807, 2.05) is 30.3 Å². The molecule has 4 aromatic rings. The molecule has 0 amide bonds. The van der Waals surface area contributed by atoms with E-state index in [0.29, 0.717) is 11.1 Å². The minimum Gasteiger partial charge on any atom is -0.508 e. The molecule has 166 valence electrons. The van der Waals surface area contributed by atoms with Gasteiger partial charge in [0.1, 0.15) is 17.2 Å². The van der Waals surface area contributed by atoms with Gasteiger partial charge in [-0.15, -0.1) is 11.3 Å². The van der Waals surface area contributed by atoms with Crippen LogP contribution in [-0.4, -0.2) is 32.2 Å². The Bertz CT molecular complexity index is 1330. The lowest BCUT2D eigenvalue weighted by molar-refractivity contribution is -0.136. The Morgan fingerprint density at radius 1 is 0.758 bits per heavy atom. The van der Waals surface area contributed by atoms with Gasteiger partial charge in [0.2, 0.25) is 0 Å². The van der Waals surface area contributed by atoms with Crippen LogP contribution in [0.3, 0.4) is 0 Å². The molecular weight excluding hydrogens is 440 g/mol. The number of carboxylic acid groups (broad SMARTS) is 1. The average Bonchev–Trinajstić information content (AvgIpc) is 3.21. The molecule has 0 saturated heterocycles. The molecule has 0 unspecified atom stereocenters. The van der Waals surface area contributed by atoms with E-state index in [9.17, 15) is 24.9 Å². The van der Waals surface area contributed by atoms with Crippen molar-refractivity contribution in [2.24, 2.45) is 0 Å². The monoisotopic (exact) mass is 460 g/mol. The van der Waals surface area contributed by atoms with E-state index < -0.39 is 5.97 Å². The fraction of sp³-hybridized carbons (Fsp3) is 0.0769. The summed E-state index contributed by atoms with van der Waals surface area (Å²) >= 11 is 1.41. The number of Topliss-reactive ketones (excluding diaryl/α,β-unsaturated/α-hetero) is 1. The SMILES string of the molecule is O=C(O)Cc1ccc(-c2cccc(CC(=O)c3cccc(-c4c(O)cc(O)cc4O)c3)c2)s1. The molecule has 4 rings (SSSR count). The lowest BCUT2D eigenvalue weighted by atomic mass is 9.96. The summed E-state index contributed by atoms with van der Waals surface area (Å²) in [5.41, 5.74) is 2.74. The van der Waals surface area contributed by atoms with Crippen molar-refractivity contribution in [2.75, 3.05) is 0 Å². The second-order valence-corrected chi connectivity index (χ2v) is 8.74. The first-order valence-corrected chi connectivity index (χ1v) is 10.9. The van der Waals surface area contributed by atoms with Gasteiger partial charge >= 0.3 is 5.97 Å². The van der Waals surface area contributed by atoms with Gasteiger partial charge in [-0.25, -0.2) is 0 Å². The fourth-order valence-corrected chi connectivity index (χ4v) is 4.64. The van der Waals surface area contributed by atoms with Gasteiger partial charge in [-0.3, -0.25) is 9.59 Å². The van der Waals surface area contributed by atoms with Crippen LogP contribution in [-0.2, 0) is 17.6 Å². The third-order valence-electron chi connectivity index (χ3n) is 5.12. The molecule has 0 aliphatic heterocycles. The summed E-state index contributed by atoms with van der Waals surface area (Å²) in [5, 5.41) is 38.8. The Balaban J connectivity index is 1.56. The number of carboxylic acids is 1. The minimum absolute atomic E-state index is 0.0225. The zero-order chi connectivity index (χ0) is 23.5. The molecular formula is C26H20O6S. The molecule has 0 radical (unpaired) electrons. The van der Waals surface area contributed by atoms with Crippen molar-refractivity contribution in [3.05, 3.63) is 88.8 Å². The summed E-state index contributed by atoms with van der Waals surface area (Å²) in [5.74, 6) is -1.85. The van der Waals surface area contributed by atoms with Crippen molar-refractivity contribution in [3.63, 3.8) is 0 Å². The molecule has 0 fully saturated rings. The average molecular weight is 461 g/mol. The zero-order valence-corrected chi connectivity index (χ0v) is 18.2. The predicted octanol–water partition coefficient (Wildman–Crippen LogP) is 5.25. The maximum absolute atomic E-state index is 13.0. The van der Waals surface area contributed by atoms with Gasteiger partial charge in [0.25, 0.3) is 0 Å². The maximum atomic E-state index is 13.0. The molecule has 0 aliphatic rings. The second kappa shape index (κ2) is 9.18. The summed E-state index contributed by atoms with van der Waals surface area (Å²) in [6.07, 6.45) is 0.128. The predicted molar refractivity (Wildman–Crippen MR) is 126 cm³/mol. The second-order valence-electron chi connectivity index (χ2n) is 7.58. The maximum Gasteiger partial charge on any atom is 0.308 e. The van der Waals surface area contributed by atoms with Gasteiger partial charge in [-0.1, -0.05) is 36.4 Å². The Labute approximate surface area is 193 Å². The molecule has 7 heteroatoms. The molecule has 0 aliphatic carbocycles. The number of benzene rings is 3. The first-order valence-electron chi connectivity index (χ1n) is 10.1. The van der Waals surface area contributed by atoms with Crippen molar-refractivity contribution in [3.8, 4) is 38.8 Å². The van der Waals surface area contributed by atoms with Crippen LogP contribution < -0.4 is 0 Å². The number of phenolic OH excluding ortho intramolecular Hbond substituents is 3. The number of carbonyl (C=O) groups excluding carboxylic acids is 1. The number of thiophene rings is 1. The Morgan fingerprint density at radius 3 is 2.18 bits per heavy atom. The zero-order valence-electron chi connectivity index (χ0n) is 17.4. The van der Waals surface area contributed by atoms with Gasteiger partial charge in [-0.05, 0) is 41.0 Å². The normalized spacial score (nSPS) is 10.8. The van der Waals surface area contributed by atoms with E-state index in [-0.39, 0.29) is 41.4 Å². The highest BCUT2D eigenvalue weighted by molar-refractivity contribution is 7.15. The molecule has 33 heavy (non-hydrogen) atoms. The lowest BCUT2D eigenvalue weighted by Gasteiger charge is -2.10. The van der Waals surface area contributed by atoms with E-state index in [4.69, 9.17) is 5.11 Å². The van der Waals surface area contributed by atoms with Crippen LogP contribution in [0.1, 0.15) is 20.8 Å². The lowest BCUT2D eigenvalue weighted by Crippen LogP contribution is -2.03. The number of hydrogen-bond acceptors (Lipinski definition) is 6. The third kappa shape index (κ3) is 5.05. The van der Waals surface area contributed by atoms with E-state index in [2.05, 4.69) is 0 Å². The Kier molecular flexibility index (Phi) is 6.15. The van der Waals surface area contributed by atoms with Crippen LogP contribution >= 0.6 is 11.3 Å². The minimum atomic E-state index is -0.876. The summed E-state index contributed by atoms with van der Waals surface area (Å²) < 4.78 is 0. The summed E-state index contributed by atoms with van der Waals surface area (Å²) in [6, 6.07) is 20.1. The van der Waals surface area contributed by atoms with E-state index >= 15 is 0 Å². The van der Waals surface area contributed by atoms with Crippen molar-refractivity contribution >= 4 is 23.1 Å². The largest absolute Gasteiger partial charge is 0.508 e. The first-order chi connectivity index (χ1) is 15.8. The van der Waals surface area contributed by atoms with Crippen LogP contribution in [0.2, 0.25) is 0 Å². The van der Waals surface area contributed by atoms with Crippen molar-refractivity contribution in [1.82, 2.24) is 0 Å². The Morgan fingerprint density at radius 2 is 1.45 bits per heavy atom. The van der Waals surface area contributed by atoms with Gasteiger partial charge in [-0.2, -0.15) is 0 Å². The van der Waals surface area contributed by atoms with Crippen LogP contribution in [0.25, 0.3) is 21.6 Å². The van der Waals surface area contributed by atoms with Gasteiger partial charge < -0.3 is 20.4 Å². The smallest absolute Gasteiger partial charge is 0.308 e. The van der Waals surface area contributed by atoms with E-state index in [0.717, 1.165) is 33.0 Å². The number of ketones is 1. The molecule has 0 atom stereocenters. The molecule has 0 bridgehead atoms. The quantitative estimate of drug-likeness (QED) is 0.280. The van der Waals surface area contributed by atoms with Crippen molar-refractivity contribution < 1.29 is 30.0 Å². The Hall–Kier alpha value is -4.10. The fourth-order valence-electron chi connectivity index (χ4n) is 3.64. The topological polar surface area (TPSA) is 115 Å². The summed E-state index contributed by atoms with van der Waals surface area (Å²) in [7, 11) is 0. The third-order valence-corrected chi connectivity index (χ3v) is 6.25. The summed E-state index contributed by atoms with van der Waals surface area (Å²) in [4.78, 5) is 25.6. The van der Waals surface area contributed by atoms with E-state index in [1.54, 1.807) is 30.3 Å². The van der Waals surface area contributed by atoms with Crippen LogP contribution in [0.5, 0.6) is 17.2 Å². The van der Waals surface area contributed by atoms with E-state index in [1.165, 1.54) is 11.3 Å². The molecule has 6 nitrogen and oxygen atoms in total. The van der Waals surface area contributed by atoms with Crippen molar-refractivity contribution in [2.45, 2.75) is 12.8 Å². The van der Waals surface area contributed by atoms with Gasteiger partial charge in [0.15, 0.2) is 5.78 Å². The number of phenols is 3. The number of rotatable bonds is 7. The molecule has 1 heterocycles. The molecule has 3 aromatic carbocycles. The standard InChI is InChI=1S/C26H20O6S/c27-19-12-22(29)26(23(30)13-19)18-6-2-4-16(11-18)21(28)10-15-3-1-5-17(9-15)24-8-7-20(33-24)14-25(31)32/h1-9,11-13,27,29-30H,10,14H2,(H,31,32). The highest BCUT2D eigenvalue weighted by atomic mass is 32.1. The summed E-state index contributed by atoms with van der Waals surface area (Å²) in [6.45, 7) is 0. The first kappa shape index (κ1) is 22.1. The van der Waals surface area contributed by atoms with Crippen LogP contribution in [0.15, 0.2) is 72.8 Å². The van der Waals surface area contributed by atoms with Crippen LogP contribution in [0, 0.1) is 0 Å². The molecule has 0 spiro atoms. The molecule has 1 aromatic heterocycles. The highest BCUT2D eigenvalue weighted by Crippen LogP contribution is 2.40. The highest BCUT2D eigenvalue weighted by Gasteiger charge is 2.15. The number of carbonyl (C=O) groups is 2. The van der Waals surface area contributed by atoms with Crippen molar-refractivity contribution in [1.29, 1.82) is 0 Å². The number of hydrogen-bond donors (Lipinski definition) is 4. The molecule has 0 saturated carbocycles. The van der Waals surface area contributed by atoms with Gasteiger partial charge in [0, 0.05) is 33.9 Å². The number of aliphatic carboxylic acids is 1. The van der Waals surface area contributed by atoms with Crippen LogP contribution in [0.4, 0.5) is 0 Å². The van der Waals surface area contributed by atoms with Gasteiger partial charge in [0.05, 0.1) is 12.0 Å².